The molecule has 0 aromatic rings. The highest BCUT2D eigenvalue weighted by atomic mass is 31.2. The summed E-state index contributed by atoms with van der Waals surface area (Å²) >= 11 is 0. The molecular weight excluding hydrogens is 906 g/mol. The van der Waals surface area contributed by atoms with Gasteiger partial charge in [-0.25, -0.2) is 4.79 Å². The van der Waals surface area contributed by atoms with E-state index in [2.05, 4.69) is 0 Å². The molecule has 0 radical (unpaired) electrons. The first-order chi connectivity index (χ1) is 32.4. The Hall–Kier alpha value is -3.14. The molecule has 1 amide bonds. The molecule has 2 saturated heterocycles. The van der Waals surface area contributed by atoms with Crippen LogP contribution in [-0.4, -0.2) is 140 Å². The van der Waals surface area contributed by atoms with Crippen molar-refractivity contribution < 1.29 is 67.0 Å². The number of rotatable bonds is 8. The van der Waals surface area contributed by atoms with Crippen LogP contribution < -0.4 is 0 Å². The van der Waals surface area contributed by atoms with Gasteiger partial charge in [-0.05, 0) is 107 Å². The molecule has 2 N–H and O–H groups in total. The molecule has 1 aliphatic carbocycles. The molecule has 3 aliphatic heterocycles. The van der Waals surface area contributed by atoms with Crippen molar-refractivity contribution in [3.8, 4) is 0 Å². The first-order valence-electron chi connectivity index (χ1n) is 25.2. The van der Waals surface area contributed by atoms with Gasteiger partial charge in [-0.1, -0.05) is 71.1 Å². The van der Waals surface area contributed by atoms with Crippen LogP contribution in [0, 0.1) is 35.5 Å². The fourth-order valence-electron chi connectivity index (χ4n) is 10.5. The number of hydrogen-bond donors (Lipinski definition) is 2. The fraction of sp³-hybridized carbons (Fsp3) is 0.755. The standard InChI is InChI=1S/C53H84NO14P/c1-32-18-14-13-15-19-33(2)44(63-8)30-40-23-21-38(7)53(61,67-40)50(58)51(59)54-25-17-16-20-41(54)52(60)66-45(35(4)28-39-22-24-43(46(29-39)64-9)68-69(11,12)62)31-42(55)34(3)27-37(6)48(57)49(65-10)47(56)36(5)26-32/h13-15,18-19,27,32,34-36,38-41,43-46,48-49,57,61H,16-17,20-26,28-31H2,1-12H3/b15-13+,18-14-,33-19+,37-27+/t32-,34-,35-,36-,38-,39+,40+,41+,43-,44+,45+,46-,48-,49+,53-/m1/s1. The minimum absolute atomic E-state index is 0.0117. The van der Waals surface area contributed by atoms with E-state index < -0.39 is 85.1 Å². The van der Waals surface area contributed by atoms with Crippen molar-refractivity contribution in [3.05, 3.63) is 47.6 Å². The van der Waals surface area contributed by atoms with Crippen molar-refractivity contribution >= 4 is 36.6 Å². The van der Waals surface area contributed by atoms with E-state index in [0.29, 0.717) is 63.4 Å². The third-order valence-corrected chi connectivity index (χ3v) is 15.6. The highest BCUT2D eigenvalue weighted by Gasteiger charge is 2.53. The summed E-state index contributed by atoms with van der Waals surface area (Å²) in [6.45, 7) is 15.9. The number of fused-ring (bicyclic) bond motifs is 3. The van der Waals surface area contributed by atoms with E-state index in [0.717, 1.165) is 12.0 Å². The first-order valence-corrected chi connectivity index (χ1v) is 27.7. The predicted octanol–water partition coefficient (Wildman–Crippen LogP) is 7.74. The summed E-state index contributed by atoms with van der Waals surface area (Å²) in [6, 6.07) is -1.16. The van der Waals surface area contributed by atoms with Crippen LogP contribution in [0.4, 0.5) is 0 Å². The largest absolute Gasteiger partial charge is 0.460 e. The Bertz CT molecular complexity index is 1940. The fourth-order valence-corrected chi connectivity index (χ4v) is 11.4. The van der Waals surface area contributed by atoms with Crippen LogP contribution in [0.3, 0.4) is 0 Å². The van der Waals surface area contributed by atoms with E-state index in [1.165, 1.54) is 12.0 Å². The molecular formula is C53H84NO14P. The highest BCUT2D eigenvalue weighted by molar-refractivity contribution is 7.57. The van der Waals surface area contributed by atoms with Crippen LogP contribution >= 0.6 is 7.37 Å². The van der Waals surface area contributed by atoms with E-state index in [1.54, 1.807) is 54.4 Å². The van der Waals surface area contributed by atoms with Crippen LogP contribution in [0.1, 0.15) is 126 Å². The lowest BCUT2D eigenvalue weighted by molar-refractivity contribution is -0.265. The Morgan fingerprint density at radius 1 is 0.855 bits per heavy atom. The lowest BCUT2D eigenvalue weighted by Crippen LogP contribution is -2.61. The SMILES string of the molecule is CO[C@H]1C[C@@H]2CC[C@@H](C)[C@@](O)(O2)C(=O)C(=O)N2CCCC[C@H]2C(=O)O[C@H]([C@H](C)C[C@@H]2CC[C@@H](OP(C)(C)=O)[C@H](OC)C2)CC(=O)[C@H](C)/C=C(\C)[C@@H](O)[C@@H](OC)C(=O)[C@H](C)C[C@H](C)\C=C/C=C/C=C/1C. The van der Waals surface area contributed by atoms with Crippen LogP contribution in [0.15, 0.2) is 47.6 Å². The van der Waals surface area contributed by atoms with Gasteiger partial charge in [0.1, 0.15) is 30.1 Å². The van der Waals surface area contributed by atoms with Gasteiger partial charge in [-0.15, -0.1) is 0 Å². The maximum atomic E-state index is 14.5. The number of aliphatic hydroxyl groups is 2. The molecule has 3 fully saturated rings. The molecule has 0 unspecified atom stereocenters. The van der Waals surface area contributed by atoms with Gasteiger partial charge in [0.05, 0.1) is 24.4 Å². The van der Waals surface area contributed by atoms with Crippen molar-refractivity contribution in [2.45, 2.75) is 180 Å². The van der Waals surface area contributed by atoms with Gasteiger partial charge in [-0.2, -0.15) is 0 Å². The maximum Gasteiger partial charge on any atom is 0.329 e. The monoisotopic (exact) mass is 990 g/mol. The summed E-state index contributed by atoms with van der Waals surface area (Å²) < 4.78 is 48.2. The van der Waals surface area contributed by atoms with Crippen molar-refractivity contribution in [1.29, 1.82) is 0 Å². The molecule has 4 aliphatic rings. The van der Waals surface area contributed by atoms with E-state index in [4.69, 9.17) is 28.2 Å². The zero-order valence-electron chi connectivity index (χ0n) is 43.4. The average Bonchev–Trinajstić information content (AvgIpc) is 3.30. The van der Waals surface area contributed by atoms with Crippen LogP contribution in [0.2, 0.25) is 0 Å². The normalized spacial score (nSPS) is 39.0. The first kappa shape index (κ1) is 58.4. The van der Waals surface area contributed by atoms with E-state index in [1.807, 2.05) is 58.1 Å². The van der Waals surface area contributed by atoms with E-state index >= 15 is 0 Å². The number of methoxy groups -OCH3 is 3. The quantitative estimate of drug-likeness (QED) is 0.104. The second-order valence-electron chi connectivity index (χ2n) is 20.9. The number of piperidine rings is 1. The number of ether oxygens (including phenoxy) is 5. The van der Waals surface area contributed by atoms with Gasteiger partial charge < -0.3 is 43.3 Å². The number of cyclic esters (lactones) is 1. The predicted molar refractivity (Wildman–Crippen MR) is 263 cm³/mol. The number of carbonyl (C=O) groups excluding carboxylic acids is 5. The number of allylic oxidation sites excluding steroid dienone is 6. The Kier molecular flexibility index (Phi) is 22.5. The highest BCUT2D eigenvalue weighted by Crippen LogP contribution is 2.45. The third-order valence-electron chi connectivity index (χ3n) is 14.8. The summed E-state index contributed by atoms with van der Waals surface area (Å²) in [5, 5.41) is 23.5. The number of carbonyl (C=O) groups is 5. The third kappa shape index (κ3) is 16.2. The molecule has 15 atom stereocenters. The number of ketones is 3. The molecule has 16 heteroatoms. The number of hydrogen-bond acceptors (Lipinski definition) is 14. The zero-order valence-corrected chi connectivity index (χ0v) is 44.3. The topological polar surface area (TPSA) is 201 Å². The number of Topliss-reactive ketones (excluding diaryl/α,β-unsaturated/α-hetero) is 3. The second-order valence-corrected chi connectivity index (χ2v) is 23.6. The molecule has 1 saturated carbocycles. The summed E-state index contributed by atoms with van der Waals surface area (Å²) in [7, 11) is 1.76. The molecule has 0 spiro atoms. The van der Waals surface area contributed by atoms with Crippen LogP contribution in [0.25, 0.3) is 0 Å². The minimum Gasteiger partial charge on any atom is -0.460 e. The number of aliphatic hydroxyl groups excluding tert-OH is 1. The average molecular weight is 990 g/mol. The molecule has 69 heavy (non-hydrogen) atoms. The van der Waals surface area contributed by atoms with Gasteiger partial charge in [0.15, 0.2) is 13.2 Å². The van der Waals surface area contributed by atoms with Gasteiger partial charge >= 0.3 is 5.97 Å². The Morgan fingerprint density at radius 2 is 1.57 bits per heavy atom. The molecule has 3 heterocycles. The summed E-state index contributed by atoms with van der Waals surface area (Å²) in [4.78, 5) is 72.2. The van der Waals surface area contributed by atoms with Crippen molar-refractivity contribution in [3.63, 3.8) is 0 Å². The van der Waals surface area contributed by atoms with Crippen LogP contribution in [-0.2, 0) is 56.7 Å². The van der Waals surface area contributed by atoms with Gasteiger partial charge in [0, 0.05) is 71.8 Å². The molecule has 0 aromatic heterocycles. The lowest BCUT2D eigenvalue weighted by atomic mass is 9.78. The second kappa shape index (κ2) is 26.5. The van der Waals surface area contributed by atoms with Crippen LogP contribution in [0.5, 0.6) is 0 Å². The van der Waals surface area contributed by atoms with Gasteiger partial charge in [0.25, 0.3) is 11.7 Å². The minimum atomic E-state index is -2.79. The van der Waals surface area contributed by atoms with Gasteiger partial charge in [-0.3, -0.25) is 23.7 Å². The Morgan fingerprint density at radius 3 is 2.22 bits per heavy atom. The smallest absolute Gasteiger partial charge is 0.329 e. The van der Waals surface area contributed by atoms with Crippen molar-refractivity contribution in [2.24, 2.45) is 35.5 Å². The zero-order chi connectivity index (χ0) is 51.4. The molecule has 4 rings (SSSR count). The summed E-state index contributed by atoms with van der Waals surface area (Å²) in [5.74, 6) is -8.11. The summed E-state index contributed by atoms with van der Waals surface area (Å²) in [6.07, 6.45) is 11.4. The van der Waals surface area contributed by atoms with Gasteiger partial charge in [0.2, 0.25) is 5.79 Å². The van der Waals surface area contributed by atoms with E-state index in [9.17, 15) is 38.8 Å². The molecule has 0 aromatic carbocycles. The molecule has 2 bridgehead atoms. The van der Waals surface area contributed by atoms with Crippen molar-refractivity contribution in [2.75, 3.05) is 41.2 Å². The Labute approximate surface area is 411 Å². The number of amides is 1. The lowest BCUT2D eigenvalue weighted by Gasteiger charge is -2.42. The number of nitrogens with zero attached hydrogens (tertiary/aromatic N) is 1. The van der Waals surface area contributed by atoms with E-state index in [-0.39, 0.29) is 60.9 Å². The molecule has 390 valence electrons. The maximum absolute atomic E-state index is 14.5. The molecule has 15 nitrogen and oxygen atoms in total. The van der Waals surface area contributed by atoms with Crippen molar-refractivity contribution in [1.82, 2.24) is 4.90 Å². The number of esters is 1. The summed E-state index contributed by atoms with van der Waals surface area (Å²) in [5.41, 5.74) is 1.25. The Balaban J connectivity index is 1.70.